The van der Waals surface area contributed by atoms with E-state index in [1.54, 1.807) is 17.1 Å². The second-order valence-electron chi connectivity index (χ2n) is 4.97. The Morgan fingerprint density at radius 3 is 2.70 bits per heavy atom. The van der Waals surface area contributed by atoms with Gasteiger partial charge in [0.15, 0.2) is 0 Å². The number of aliphatic hydroxyl groups excluding tert-OH is 1. The monoisotopic (exact) mass is 294 g/mol. The summed E-state index contributed by atoms with van der Waals surface area (Å²) in [5.74, 6) is 0. The van der Waals surface area contributed by atoms with E-state index >= 15 is 0 Å². The van der Waals surface area contributed by atoms with Crippen molar-refractivity contribution in [3.63, 3.8) is 0 Å². The summed E-state index contributed by atoms with van der Waals surface area (Å²) < 4.78 is 1.65. The van der Waals surface area contributed by atoms with E-state index < -0.39 is 6.10 Å². The van der Waals surface area contributed by atoms with Crippen molar-refractivity contribution < 1.29 is 5.11 Å². The summed E-state index contributed by atoms with van der Waals surface area (Å²) >= 11 is 5.85. The lowest BCUT2D eigenvalue weighted by atomic mass is 10.2. The fraction of sp³-hybridized carbons (Fsp3) is 0.357. The number of rotatable bonds is 6. The number of aliphatic hydroxyl groups is 1. The van der Waals surface area contributed by atoms with Crippen LogP contribution in [0.1, 0.15) is 5.56 Å². The molecule has 0 aliphatic carbocycles. The van der Waals surface area contributed by atoms with Gasteiger partial charge in [-0.3, -0.25) is 9.58 Å². The maximum Gasteiger partial charge on any atom is 0.0862 e. The van der Waals surface area contributed by atoms with Crippen LogP contribution in [-0.2, 0) is 13.1 Å². The average Bonchev–Trinajstić information content (AvgIpc) is 2.77. The first-order valence-corrected chi connectivity index (χ1v) is 6.79. The Kier molecular flexibility index (Phi) is 5.00. The van der Waals surface area contributed by atoms with Crippen LogP contribution in [0.15, 0.2) is 36.7 Å². The third kappa shape index (κ3) is 4.52. The lowest BCUT2D eigenvalue weighted by Gasteiger charge is -2.20. The zero-order chi connectivity index (χ0) is 14.5. The van der Waals surface area contributed by atoms with E-state index in [9.17, 15) is 5.11 Å². The summed E-state index contributed by atoms with van der Waals surface area (Å²) in [7, 11) is 1.97. The molecule has 0 saturated carbocycles. The van der Waals surface area contributed by atoms with E-state index in [-0.39, 0.29) is 0 Å². The molecule has 1 heterocycles. The molecule has 0 aliphatic heterocycles. The van der Waals surface area contributed by atoms with Gasteiger partial charge in [-0.2, -0.15) is 5.10 Å². The van der Waals surface area contributed by atoms with Gasteiger partial charge in [0.2, 0.25) is 0 Å². The van der Waals surface area contributed by atoms with Crippen LogP contribution in [-0.4, -0.2) is 39.5 Å². The van der Waals surface area contributed by atoms with Crippen LogP contribution in [0.4, 0.5) is 5.69 Å². The minimum atomic E-state index is -0.494. The summed E-state index contributed by atoms with van der Waals surface area (Å²) in [5.41, 5.74) is 7.35. The fourth-order valence-electron chi connectivity index (χ4n) is 2.08. The zero-order valence-corrected chi connectivity index (χ0v) is 12.2. The standard InChI is InChI=1S/C14H19ClN4O/c1-18(7-11-2-4-12(15)5-3-11)9-14(20)10-19-8-13(16)6-17-19/h2-6,8,14,20H,7,9-10,16H2,1H3. The smallest absolute Gasteiger partial charge is 0.0862 e. The second kappa shape index (κ2) is 6.74. The molecule has 0 aliphatic rings. The Bertz CT molecular complexity index is 540. The molecule has 0 spiro atoms. The molecule has 5 nitrogen and oxygen atoms in total. The zero-order valence-electron chi connectivity index (χ0n) is 11.4. The first-order chi connectivity index (χ1) is 9.52. The number of hydrogen-bond acceptors (Lipinski definition) is 4. The number of nitrogens with zero attached hydrogens (tertiary/aromatic N) is 3. The number of anilines is 1. The Balaban J connectivity index is 1.81. The number of likely N-dealkylation sites (N-methyl/N-ethyl adjacent to an activating group) is 1. The van der Waals surface area contributed by atoms with E-state index in [2.05, 4.69) is 10.00 Å². The summed E-state index contributed by atoms with van der Waals surface area (Å²) in [6.45, 7) is 1.75. The van der Waals surface area contributed by atoms with Crippen LogP contribution in [0.2, 0.25) is 5.02 Å². The first kappa shape index (κ1) is 14.8. The quantitative estimate of drug-likeness (QED) is 0.849. The predicted molar refractivity (Wildman–Crippen MR) is 80.4 cm³/mol. The van der Waals surface area contributed by atoms with Gasteiger partial charge < -0.3 is 10.8 Å². The van der Waals surface area contributed by atoms with Crippen LogP contribution >= 0.6 is 11.6 Å². The largest absolute Gasteiger partial charge is 0.396 e. The van der Waals surface area contributed by atoms with Crippen molar-refractivity contribution in [2.45, 2.75) is 19.2 Å². The van der Waals surface area contributed by atoms with Gasteiger partial charge in [-0.05, 0) is 24.7 Å². The van der Waals surface area contributed by atoms with Gasteiger partial charge in [0, 0.05) is 24.3 Å². The second-order valence-corrected chi connectivity index (χ2v) is 5.41. The van der Waals surface area contributed by atoms with Gasteiger partial charge in [0.1, 0.15) is 0 Å². The highest BCUT2D eigenvalue weighted by Crippen LogP contribution is 2.11. The molecule has 0 saturated heterocycles. The Labute approximate surface area is 123 Å². The van der Waals surface area contributed by atoms with Crippen LogP contribution in [0, 0.1) is 0 Å². The lowest BCUT2D eigenvalue weighted by molar-refractivity contribution is 0.104. The van der Waals surface area contributed by atoms with E-state index in [1.807, 2.05) is 31.3 Å². The molecule has 20 heavy (non-hydrogen) atoms. The number of halogens is 1. The van der Waals surface area contributed by atoms with Crippen molar-refractivity contribution in [2.24, 2.45) is 0 Å². The number of aromatic nitrogens is 2. The van der Waals surface area contributed by atoms with Gasteiger partial charge in [-0.15, -0.1) is 0 Å². The number of nitrogens with two attached hydrogens (primary N) is 1. The minimum absolute atomic E-state index is 0.433. The Morgan fingerprint density at radius 1 is 1.40 bits per heavy atom. The van der Waals surface area contributed by atoms with Crippen molar-refractivity contribution >= 4 is 17.3 Å². The van der Waals surface area contributed by atoms with Crippen molar-refractivity contribution in [3.05, 3.63) is 47.2 Å². The van der Waals surface area contributed by atoms with Gasteiger partial charge >= 0.3 is 0 Å². The molecular weight excluding hydrogens is 276 g/mol. The van der Waals surface area contributed by atoms with E-state index in [0.29, 0.717) is 18.8 Å². The molecule has 3 N–H and O–H groups in total. The third-order valence-electron chi connectivity index (χ3n) is 2.94. The molecule has 2 aromatic rings. The molecule has 0 fully saturated rings. The fourth-order valence-corrected chi connectivity index (χ4v) is 2.20. The number of benzene rings is 1. The minimum Gasteiger partial charge on any atom is -0.396 e. The van der Waals surface area contributed by atoms with Gasteiger partial charge in [-0.1, -0.05) is 23.7 Å². The Morgan fingerprint density at radius 2 is 2.10 bits per heavy atom. The van der Waals surface area contributed by atoms with Crippen LogP contribution in [0.25, 0.3) is 0 Å². The van der Waals surface area contributed by atoms with Crippen LogP contribution < -0.4 is 5.73 Å². The Hall–Kier alpha value is -1.56. The van der Waals surface area contributed by atoms with Crippen molar-refractivity contribution in [1.82, 2.24) is 14.7 Å². The summed E-state index contributed by atoms with van der Waals surface area (Å²) in [5, 5.41) is 14.8. The highest BCUT2D eigenvalue weighted by molar-refractivity contribution is 6.30. The predicted octanol–water partition coefficient (Wildman–Crippen LogP) is 1.61. The van der Waals surface area contributed by atoms with E-state index in [4.69, 9.17) is 17.3 Å². The summed E-state index contributed by atoms with van der Waals surface area (Å²) in [6, 6.07) is 7.71. The molecule has 1 aromatic carbocycles. The van der Waals surface area contributed by atoms with E-state index in [0.717, 1.165) is 17.1 Å². The maximum absolute atomic E-state index is 10.0. The molecule has 108 valence electrons. The average molecular weight is 295 g/mol. The van der Waals surface area contributed by atoms with Crippen molar-refractivity contribution in [1.29, 1.82) is 0 Å². The SMILES string of the molecule is CN(Cc1ccc(Cl)cc1)CC(O)Cn1cc(N)cn1. The normalized spacial score (nSPS) is 12.8. The topological polar surface area (TPSA) is 67.3 Å². The molecule has 1 unspecified atom stereocenters. The molecular formula is C14H19ClN4O. The molecule has 0 radical (unpaired) electrons. The highest BCUT2D eigenvalue weighted by Gasteiger charge is 2.10. The molecule has 2 rings (SSSR count). The molecule has 6 heteroatoms. The maximum atomic E-state index is 10.0. The van der Waals surface area contributed by atoms with Crippen molar-refractivity contribution in [3.8, 4) is 0 Å². The summed E-state index contributed by atoms with van der Waals surface area (Å²) in [4.78, 5) is 2.06. The highest BCUT2D eigenvalue weighted by atomic mass is 35.5. The van der Waals surface area contributed by atoms with E-state index in [1.165, 1.54) is 0 Å². The number of nitrogen functional groups attached to an aromatic ring is 1. The third-order valence-corrected chi connectivity index (χ3v) is 3.19. The van der Waals surface area contributed by atoms with Crippen LogP contribution in [0.5, 0.6) is 0 Å². The van der Waals surface area contributed by atoms with Gasteiger partial charge in [-0.25, -0.2) is 0 Å². The van der Waals surface area contributed by atoms with Gasteiger partial charge in [0.25, 0.3) is 0 Å². The van der Waals surface area contributed by atoms with Gasteiger partial charge in [0.05, 0.1) is 24.5 Å². The number of hydrogen-bond donors (Lipinski definition) is 2. The molecule has 0 bridgehead atoms. The van der Waals surface area contributed by atoms with Crippen LogP contribution in [0.3, 0.4) is 0 Å². The summed E-state index contributed by atoms with van der Waals surface area (Å²) in [6.07, 6.45) is 2.79. The van der Waals surface area contributed by atoms with Crippen molar-refractivity contribution in [2.75, 3.05) is 19.3 Å². The lowest BCUT2D eigenvalue weighted by Crippen LogP contribution is -2.31. The molecule has 1 atom stereocenters. The molecule has 1 aromatic heterocycles. The first-order valence-electron chi connectivity index (χ1n) is 6.42. The molecule has 0 amide bonds.